The van der Waals surface area contributed by atoms with Gasteiger partial charge in [-0.25, -0.2) is 9.48 Å². The number of hydrogen-bond acceptors (Lipinski definition) is 4. The average Bonchev–Trinajstić information content (AvgIpc) is 3.15. The molecular formula is C16H19N3O2. The van der Waals surface area contributed by atoms with E-state index in [1.807, 2.05) is 41.9 Å². The van der Waals surface area contributed by atoms with Crippen molar-refractivity contribution < 1.29 is 9.53 Å². The van der Waals surface area contributed by atoms with Crippen molar-refractivity contribution >= 4 is 5.97 Å². The van der Waals surface area contributed by atoms with Crippen LogP contribution in [0.15, 0.2) is 30.3 Å². The number of carbonyl (C=O) groups excluding carboxylic acids is 1. The maximum absolute atomic E-state index is 12.1. The van der Waals surface area contributed by atoms with E-state index in [4.69, 9.17) is 4.74 Å². The molecule has 1 heterocycles. The Morgan fingerprint density at radius 3 is 2.71 bits per heavy atom. The lowest BCUT2D eigenvalue weighted by atomic mass is 10.2. The Morgan fingerprint density at radius 2 is 2.00 bits per heavy atom. The highest BCUT2D eigenvalue weighted by Gasteiger charge is 2.24. The first-order valence-electron chi connectivity index (χ1n) is 7.38. The van der Waals surface area contributed by atoms with Gasteiger partial charge in [-0.1, -0.05) is 48.4 Å². The molecular weight excluding hydrogens is 266 g/mol. The molecule has 0 amide bonds. The minimum Gasteiger partial charge on any atom is -0.456 e. The van der Waals surface area contributed by atoms with Gasteiger partial charge in [-0.3, -0.25) is 0 Å². The van der Waals surface area contributed by atoms with Gasteiger partial charge in [0.15, 0.2) is 5.69 Å². The van der Waals surface area contributed by atoms with Crippen molar-refractivity contribution in [3.63, 3.8) is 0 Å². The molecule has 5 heteroatoms. The fraction of sp³-hybridized carbons (Fsp3) is 0.438. The first-order valence-corrected chi connectivity index (χ1v) is 7.38. The number of rotatable bonds is 4. The number of ether oxygens (including phenoxy) is 1. The summed E-state index contributed by atoms with van der Waals surface area (Å²) in [5, 5.41) is 8.15. The largest absolute Gasteiger partial charge is 0.456 e. The predicted octanol–water partition coefficient (Wildman–Crippen LogP) is 3.06. The van der Waals surface area contributed by atoms with Crippen LogP contribution in [0.3, 0.4) is 0 Å². The number of carbonyl (C=O) groups is 1. The normalized spacial score (nSPS) is 15.3. The van der Waals surface area contributed by atoms with E-state index in [2.05, 4.69) is 10.3 Å². The highest BCUT2D eigenvalue weighted by atomic mass is 16.5. The average molecular weight is 285 g/mol. The molecule has 0 bridgehead atoms. The molecule has 1 aliphatic carbocycles. The molecule has 5 nitrogen and oxygen atoms in total. The highest BCUT2D eigenvalue weighted by Crippen LogP contribution is 2.30. The second-order valence-electron chi connectivity index (χ2n) is 5.47. The van der Waals surface area contributed by atoms with Gasteiger partial charge in [0.25, 0.3) is 0 Å². The van der Waals surface area contributed by atoms with E-state index in [0.29, 0.717) is 11.7 Å². The quantitative estimate of drug-likeness (QED) is 0.810. The lowest BCUT2D eigenvalue weighted by Gasteiger charge is -2.10. The Bertz CT molecular complexity index is 616. The van der Waals surface area contributed by atoms with E-state index < -0.39 is 5.97 Å². The minimum atomic E-state index is -0.402. The summed E-state index contributed by atoms with van der Waals surface area (Å²) in [4.78, 5) is 12.1. The Labute approximate surface area is 123 Å². The van der Waals surface area contributed by atoms with E-state index in [1.54, 1.807) is 0 Å². The van der Waals surface area contributed by atoms with Gasteiger partial charge in [0.05, 0.1) is 11.7 Å². The number of nitrogens with zero attached hydrogens (tertiary/aromatic N) is 3. The van der Waals surface area contributed by atoms with Crippen LogP contribution < -0.4 is 0 Å². The van der Waals surface area contributed by atoms with Crippen molar-refractivity contribution in [2.45, 2.75) is 45.3 Å². The summed E-state index contributed by atoms with van der Waals surface area (Å²) >= 11 is 0. The van der Waals surface area contributed by atoms with Crippen molar-refractivity contribution in [3.05, 3.63) is 47.3 Å². The molecule has 0 spiro atoms. The predicted molar refractivity (Wildman–Crippen MR) is 77.8 cm³/mol. The smallest absolute Gasteiger partial charge is 0.361 e. The topological polar surface area (TPSA) is 57.0 Å². The van der Waals surface area contributed by atoms with E-state index >= 15 is 0 Å². The molecule has 1 aromatic carbocycles. The zero-order valence-electron chi connectivity index (χ0n) is 12.2. The summed E-state index contributed by atoms with van der Waals surface area (Å²) in [6.07, 6.45) is 4.67. The first-order chi connectivity index (χ1) is 10.3. The van der Waals surface area contributed by atoms with Crippen LogP contribution in [0, 0.1) is 6.92 Å². The number of aromatic nitrogens is 3. The van der Waals surface area contributed by atoms with Gasteiger partial charge < -0.3 is 4.74 Å². The van der Waals surface area contributed by atoms with Crippen LogP contribution in [-0.2, 0) is 11.3 Å². The van der Waals surface area contributed by atoms with Gasteiger partial charge >= 0.3 is 5.97 Å². The Kier molecular flexibility index (Phi) is 3.99. The third-order valence-electron chi connectivity index (χ3n) is 4.00. The van der Waals surface area contributed by atoms with Crippen molar-refractivity contribution in [3.8, 4) is 0 Å². The standard InChI is InChI=1S/C16H19N3O2/c1-12-15(17-18-19(12)14-9-5-6-10-14)16(20)21-11-13-7-3-2-4-8-13/h2-4,7-8,14H,5-6,9-11H2,1H3. The summed E-state index contributed by atoms with van der Waals surface area (Å²) in [5.41, 5.74) is 2.10. The molecule has 0 unspecified atom stereocenters. The third-order valence-corrected chi connectivity index (χ3v) is 4.00. The fourth-order valence-electron chi connectivity index (χ4n) is 2.82. The molecule has 1 saturated carbocycles. The van der Waals surface area contributed by atoms with Gasteiger partial charge in [-0.2, -0.15) is 0 Å². The lowest BCUT2D eigenvalue weighted by molar-refractivity contribution is 0.0464. The van der Waals surface area contributed by atoms with Crippen molar-refractivity contribution in [2.75, 3.05) is 0 Å². The van der Waals surface area contributed by atoms with Crippen LogP contribution in [0.2, 0.25) is 0 Å². The molecule has 0 aliphatic heterocycles. The zero-order chi connectivity index (χ0) is 14.7. The van der Waals surface area contributed by atoms with Crippen molar-refractivity contribution in [2.24, 2.45) is 0 Å². The van der Waals surface area contributed by atoms with Gasteiger partial charge in [-0.05, 0) is 25.3 Å². The molecule has 0 atom stereocenters. The number of esters is 1. The van der Waals surface area contributed by atoms with E-state index in [1.165, 1.54) is 12.8 Å². The number of benzene rings is 1. The van der Waals surface area contributed by atoms with Crippen LogP contribution in [0.1, 0.15) is 53.5 Å². The molecule has 1 fully saturated rings. The summed E-state index contributed by atoms with van der Waals surface area (Å²) < 4.78 is 7.20. The van der Waals surface area contributed by atoms with Crippen molar-refractivity contribution in [1.82, 2.24) is 15.0 Å². The van der Waals surface area contributed by atoms with E-state index in [9.17, 15) is 4.79 Å². The summed E-state index contributed by atoms with van der Waals surface area (Å²) in [7, 11) is 0. The van der Waals surface area contributed by atoms with Gasteiger partial charge in [-0.15, -0.1) is 5.10 Å². The second kappa shape index (κ2) is 6.08. The van der Waals surface area contributed by atoms with Gasteiger partial charge in [0, 0.05) is 0 Å². The monoisotopic (exact) mass is 285 g/mol. The SMILES string of the molecule is Cc1c(C(=O)OCc2ccccc2)nnn1C1CCCC1. The Morgan fingerprint density at radius 1 is 1.29 bits per heavy atom. The third kappa shape index (κ3) is 2.96. The minimum absolute atomic E-state index is 0.259. The summed E-state index contributed by atoms with van der Waals surface area (Å²) in [6, 6.07) is 10.0. The summed E-state index contributed by atoms with van der Waals surface area (Å²) in [5.74, 6) is -0.402. The molecule has 1 aromatic heterocycles. The van der Waals surface area contributed by atoms with Crippen LogP contribution in [-0.4, -0.2) is 21.0 Å². The van der Waals surface area contributed by atoms with Crippen LogP contribution in [0.4, 0.5) is 0 Å². The maximum atomic E-state index is 12.1. The molecule has 1 aliphatic rings. The zero-order valence-corrected chi connectivity index (χ0v) is 12.2. The second-order valence-corrected chi connectivity index (χ2v) is 5.47. The molecule has 3 rings (SSSR count). The van der Waals surface area contributed by atoms with E-state index in [-0.39, 0.29) is 6.61 Å². The number of hydrogen-bond donors (Lipinski definition) is 0. The molecule has 21 heavy (non-hydrogen) atoms. The van der Waals surface area contributed by atoms with Gasteiger partial charge in [0.2, 0.25) is 0 Å². The van der Waals surface area contributed by atoms with Crippen LogP contribution in [0.5, 0.6) is 0 Å². The van der Waals surface area contributed by atoms with Crippen LogP contribution >= 0.6 is 0 Å². The fourth-order valence-corrected chi connectivity index (χ4v) is 2.82. The lowest BCUT2D eigenvalue weighted by Crippen LogP contribution is -2.11. The Balaban J connectivity index is 1.67. The molecule has 0 radical (unpaired) electrons. The van der Waals surface area contributed by atoms with E-state index in [0.717, 1.165) is 24.1 Å². The first kappa shape index (κ1) is 13.8. The molecule has 2 aromatic rings. The van der Waals surface area contributed by atoms with Gasteiger partial charge in [0.1, 0.15) is 6.61 Å². The summed E-state index contributed by atoms with van der Waals surface area (Å²) in [6.45, 7) is 2.15. The van der Waals surface area contributed by atoms with Crippen molar-refractivity contribution in [1.29, 1.82) is 0 Å². The molecule has 110 valence electrons. The van der Waals surface area contributed by atoms with Crippen LogP contribution in [0.25, 0.3) is 0 Å². The molecule has 0 saturated heterocycles. The maximum Gasteiger partial charge on any atom is 0.361 e. The Hall–Kier alpha value is -2.17. The highest BCUT2D eigenvalue weighted by molar-refractivity contribution is 5.88. The molecule has 0 N–H and O–H groups in total.